The number of para-hydroxylation sites is 1. The molecule has 0 spiro atoms. The van der Waals surface area contributed by atoms with Crippen molar-refractivity contribution in [3.63, 3.8) is 0 Å². The van der Waals surface area contributed by atoms with Gasteiger partial charge in [0.05, 0.1) is 6.61 Å². The lowest BCUT2D eigenvalue weighted by Crippen LogP contribution is -2.15. The number of rotatable bonds is 3. The zero-order valence-corrected chi connectivity index (χ0v) is 7.62. The van der Waals surface area contributed by atoms with Crippen molar-refractivity contribution in [3.05, 3.63) is 30.3 Å². The third kappa shape index (κ3) is 2.46. The summed E-state index contributed by atoms with van der Waals surface area (Å²) < 4.78 is 5.59. The van der Waals surface area contributed by atoms with Gasteiger partial charge in [-0.25, -0.2) is 0 Å². The Hall–Kier alpha value is -1.02. The van der Waals surface area contributed by atoms with Crippen molar-refractivity contribution in [2.45, 2.75) is 6.42 Å². The molecule has 1 atom stereocenters. The summed E-state index contributed by atoms with van der Waals surface area (Å²) in [5, 5.41) is 3.32. The first-order chi connectivity index (χ1) is 6.45. The van der Waals surface area contributed by atoms with Crippen LogP contribution in [0.25, 0.3) is 0 Å². The molecule has 1 aliphatic heterocycles. The van der Waals surface area contributed by atoms with Gasteiger partial charge in [0.15, 0.2) is 0 Å². The van der Waals surface area contributed by atoms with Crippen LogP contribution in [0.15, 0.2) is 24.3 Å². The van der Waals surface area contributed by atoms with E-state index >= 15 is 0 Å². The summed E-state index contributed by atoms with van der Waals surface area (Å²) in [6.07, 6.45) is 1.23. The van der Waals surface area contributed by atoms with Gasteiger partial charge >= 0.3 is 0 Å². The molecule has 1 fully saturated rings. The molecule has 1 aromatic carbocycles. The van der Waals surface area contributed by atoms with Crippen LogP contribution in [0.1, 0.15) is 6.42 Å². The molecule has 0 aliphatic carbocycles. The Balaban J connectivity index is 1.79. The minimum Gasteiger partial charge on any atom is -0.493 e. The number of hydrogen-bond donors (Lipinski definition) is 1. The average molecular weight is 176 g/mol. The van der Waals surface area contributed by atoms with Crippen LogP contribution < -0.4 is 10.1 Å². The Bertz CT molecular complexity index is 242. The SMILES string of the molecule is [c]1ccccc1OCC1CCNC1. The van der Waals surface area contributed by atoms with E-state index in [4.69, 9.17) is 4.74 Å². The summed E-state index contributed by atoms with van der Waals surface area (Å²) in [5.41, 5.74) is 0. The Morgan fingerprint density at radius 2 is 2.54 bits per heavy atom. The van der Waals surface area contributed by atoms with Crippen molar-refractivity contribution in [3.8, 4) is 5.75 Å². The molecule has 0 saturated carbocycles. The second-order valence-electron chi connectivity index (χ2n) is 3.40. The molecule has 1 N–H and O–H groups in total. The van der Waals surface area contributed by atoms with Crippen molar-refractivity contribution in [2.24, 2.45) is 5.92 Å². The van der Waals surface area contributed by atoms with E-state index < -0.39 is 0 Å². The molecule has 2 rings (SSSR count). The number of hydrogen-bond acceptors (Lipinski definition) is 2. The largest absolute Gasteiger partial charge is 0.493 e. The van der Waals surface area contributed by atoms with E-state index in [1.54, 1.807) is 0 Å². The van der Waals surface area contributed by atoms with Gasteiger partial charge in [-0.15, -0.1) is 0 Å². The van der Waals surface area contributed by atoms with E-state index in [-0.39, 0.29) is 0 Å². The van der Waals surface area contributed by atoms with Gasteiger partial charge in [-0.2, -0.15) is 0 Å². The lowest BCUT2D eigenvalue weighted by molar-refractivity contribution is 0.259. The van der Waals surface area contributed by atoms with Gasteiger partial charge in [0.1, 0.15) is 5.75 Å². The van der Waals surface area contributed by atoms with E-state index in [0.717, 1.165) is 25.4 Å². The molecule has 1 aliphatic rings. The molecule has 13 heavy (non-hydrogen) atoms. The molecule has 0 aromatic heterocycles. The monoisotopic (exact) mass is 176 g/mol. The van der Waals surface area contributed by atoms with Crippen LogP contribution in [0.5, 0.6) is 5.75 Å². The molecule has 1 unspecified atom stereocenters. The maximum atomic E-state index is 5.59. The predicted molar refractivity (Wildman–Crippen MR) is 51.7 cm³/mol. The first-order valence-corrected chi connectivity index (χ1v) is 4.75. The third-order valence-corrected chi connectivity index (χ3v) is 2.32. The highest BCUT2D eigenvalue weighted by Crippen LogP contribution is 2.12. The van der Waals surface area contributed by atoms with E-state index in [0.29, 0.717) is 5.92 Å². The van der Waals surface area contributed by atoms with Crippen molar-refractivity contribution in [2.75, 3.05) is 19.7 Å². The Morgan fingerprint density at radius 1 is 1.54 bits per heavy atom. The second kappa shape index (κ2) is 4.28. The first-order valence-electron chi connectivity index (χ1n) is 4.75. The number of benzene rings is 1. The molecule has 0 amide bonds. The van der Waals surface area contributed by atoms with Crippen molar-refractivity contribution >= 4 is 0 Å². The van der Waals surface area contributed by atoms with Crippen LogP contribution in [0.4, 0.5) is 0 Å². The highest BCUT2D eigenvalue weighted by Gasteiger charge is 2.14. The Morgan fingerprint density at radius 3 is 3.23 bits per heavy atom. The summed E-state index contributed by atoms with van der Waals surface area (Å²) >= 11 is 0. The molecule has 1 aromatic rings. The minimum atomic E-state index is 0.675. The van der Waals surface area contributed by atoms with Gasteiger partial charge in [0, 0.05) is 18.5 Å². The molecule has 1 radical (unpaired) electrons. The lowest BCUT2D eigenvalue weighted by atomic mass is 10.1. The van der Waals surface area contributed by atoms with Crippen molar-refractivity contribution in [1.29, 1.82) is 0 Å². The molecule has 1 saturated heterocycles. The van der Waals surface area contributed by atoms with E-state index in [9.17, 15) is 0 Å². The summed E-state index contributed by atoms with van der Waals surface area (Å²) in [6, 6.07) is 10.8. The highest BCUT2D eigenvalue weighted by atomic mass is 16.5. The van der Waals surface area contributed by atoms with Gasteiger partial charge in [-0.3, -0.25) is 0 Å². The van der Waals surface area contributed by atoms with E-state index in [1.807, 2.05) is 24.3 Å². The van der Waals surface area contributed by atoms with Crippen LogP contribution in [0, 0.1) is 12.0 Å². The van der Waals surface area contributed by atoms with E-state index in [1.165, 1.54) is 6.42 Å². The number of ether oxygens (including phenoxy) is 1. The Labute approximate surface area is 78.9 Å². The molecular weight excluding hydrogens is 162 g/mol. The van der Waals surface area contributed by atoms with Gasteiger partial charge < -0.3 is 10.1 Å². The van der Waals surface area contributed by atoms with Crippen LogP contribution in [-0.4, -0.2) is 19.7 Å². The topological polar surface area (TPSA) is 21.3 Å². The van der Waals surface area contributed by atoms with Crippen molar-refractivity contribution < 1.29 is 4.74 Å². The smallest absolute Gasteiger partial charge is 0.127 e. The normalized spacial score (nSPS) is 21.7. The van der Waals surface area contributed by atoms with Gasteiger partial charge in [-0.1, -0.05) is 18.2 Å². The van der Waals surface area contributed by atoms with Crippen LogP contribution >= 0.6 is 0 Å². The third-order valence-electron chi connectivity index (χ3n) is 2.32. The zero-order valence-electron chi connectivity index (χ0n) is 7.62. The quantitative estimate of drug-likeness (QED) is 0.753. The molecule has 69 valence electrons. The molecular formula is C11H14NO. The minimum absolute atomic E-state index is 0.675. The van der Waals surface area contributed by atoms with Crippen molar-refractivity contribution in [1.82, 2.24) is 5.32 Å². The fourth-order valence-corrected chi connectivity index (χ4v) is 1.53. The Kier molecular flexibility index (Phi) is 2.82. The van der Waals surface area contributed by atoms with Crippen LogP contribution in [0.3, 0.4) is 0 Å². The molecule has 2 heteroatoms. The van der Waals surface area contributed by atoms with Crippen LogP contribution in [0.2, 0.25) is 0 Å². The average Bonchev–Trinajstić information content (AvgIpc) is 2.69. The maximum Gasteiger partial charge on any atom is 0.127 e. The van der Waals surface area contributed by atoms with Gasteiger partial charge in [-0.05, 0) is 19.0 Å². The summed E-state index contributed by atoms with van der Waals surface area (Å²) in [6.45, 7) is 3.03. The maximum absolute atomic E-state index is 5.59. The van der Waals surface area contributed by atoms with Crippen LogP contribution in [-0.2, 0) is 0 Å². The van der Waals surface area contributed by atoms with E-state index in [2.05, 4.69) is 11.4 Å². The first kappa shape index (κ1) is 8.57. The molecule has 0 bridgehead atoms. The molecule has 1 heterocycles. The lowest BCUT2D eigenvalue weighted by Gasteiger charge is -2.09. The summed E-state index contributed by atoms with van der Waals surface area (Å²) in [7, 11) is 0. The fourth-order valence-electron chi connectivity index (χ4n) is 1.53. The summed E-state index contributed by atoms with van der Waals surface area (Å²) in [4.78, 5) is 0. The standard InChI is InChI=1S/C11H14NO/c1-2-4-11(5-3-1)13-9-10-6-7-12-8-10/h1-4,10,12H,6-9H2. The van der Waals surface area contributed by atoms with Gasteiger partial charge in [0.25, 0.3) is 0 Å². The second-order valence-corrected chi connectivity index (χ2v) is 3.40. The zero-order chi connectivity index (χ0) is 8.93. The predicted octanol–water partition coefficient (Wildman–Crippen LogP) is 1.48. The highest BCUT2D eigenvalue weighted by molar-refractivity contribution is 5.19. The van der Waals surface area contributed by atoms with Gasteiger partial charge in [0.2, 0.25) is 0 Å². The number of nitrogens with one attached hydrogen (secondary N) is 1. The molecule has 2 nitrogen and oxygen atoms in total. The fraction of sp³-hybridized carbons (Fsp3) is 0.455. The summed E-state index contributed by atoms with van der Waals surface area (Å²) in [5.74, 6) is 1.53.